The highest BCUT2D eigenvalue weighted by atomic mass is 19.1. The molecule has 0 aromatic rings. The van der Waals surface area contributed by atoms with Crippen LogP contribution in [0, 0.1) is 0 Å². The maximum absolute atomic E-state index is 11.8. The number of rotatable bonds is 5. The first-order chi connectivity index (χ1) is 6.77. The highest BCUT2D eigenvalue weighted by Gasteiger charge is 2.26. The molecule has 0 spiro atoms. The van der Waals surface area contributed by atoms with Crippen LogP contribution in [-0.2, 0) is 4.74 Å². The molecule has 1 fully saturated rings. The van der Waals surface area contributed by atoms with Gasteiger partial charge in [-0.05, 0) is 19.3 Å². The van der Waals surface area contributed by atoms with E-state index in [1.165, 1.54) is 25.7 Å². The third kappa shape index (κ3) is 4.38. The van der Waals surface area contributed by atoms with E-state index in [-0.39, 0.29) is 12.2 Å². The summed E-state index contributed by atoms with van der Waals surface area (Å²) >= 11 is 0. The van der Waals surface area contributed by atoms with Crippen LogP contribution >= 0.6 is 0 Å². The van der Waals surface area contributed by atoms with Crippen LogP contribution in [0.4, 0.5) is 4.39 Å². The average molecular weight is 203 g/mol. The summed E-state index contributed by atoms with van der Waals surface area (Å²) < 4.78 is 17.2. The van der Waals surface area contributed by atoms with Crippen LogP contribution in [0.2, 0.25) is 0 Å². The first-order valence-corrected chi connectivity index (χ1v) is 5.69. The largest absolute Gasteiger partial charge is 0.379 e. The Morgan fingerprint density at radius 1 is 1.14 bits per heavy atom. The summed E-state index contributed by atoms with van der Waals surface area (Å²) in [4.78, 5) is 0. The number of halogens is 1. The zero-order valence-corrected chi connectivity index (χ0v) is 8.93. The molecule has 0 unspecified atom stereocenters. The van der Waals surface area contributed by atoms with E-state index < -0.39 is 0 Å². The first-order valence-electron chi connectivity index (χ1n) is 5.69. The Hall–Kier alpha value is -0.150. The Morgan fingerprint density at radius 2 is 1.79 bits per heavy atom. The van der Waals surface area contributed by atoms with Crippen molar-refractivity contribution in [2.24, 2.45) is 5.73 Å². The van der Waals surface area contributed by atoms with Crippen LogP contribution in [0.3, 0.4) is 0 Å². The van der Waals surface area contributed by atoms with E-state index in [2.05, 4.69) is 0 Å². The maximum atomic E-state index is 11.8. The van der Waals surface area contributed by atoms with Gasteiger partial charge in [0, 0.05) is 12.1 Å². The number of nitrogens with two attached hydrogens (primary N) is 1. The van der Waals surface area contributed by atoms with Gasteiger partial charge in [0.25, 0.3) is 0 Å². The third-order valence-corrected chi connectivity index (χ3v) is 2.91. The van der Waals surface area contributed by atoms with Gasteiger partial charge in [0.1, 0.15) is 0 Å². The van der Waals surface area contributed by atoms with Gasteiger partial charge in [0.2, 0.25) is 0 Å². The molecule has 0 amide bonds. The van der Waals surface area contributed by atoms with Gasteiger partial charge in [-0.3, -0.25) is 4.39 Å². The normalized spacial score (nSPS) is 21.9. The average Bonchev–Trinajstić information content (AvgIpc) is 2.39. The van der Waals surface area contributed by atoms with Crippen LogP contribution in [0.5, 0.6) is 0 Å². The summed E-state index contributed by atoms with van der Waals surface area (Å²) in [5.41, 5.74) is 6.09. The summed E-state index contributed by atoms with van der Waals surface area (Å²) in [5.74, 6) is 0. The molecule has 0 heterocycles. The van der Waals surface area contributed by atoms with Gasteiger partial charge in [0.15, 0.2) is 0 Å². The second kappa shape index (κ2) is 6.36. The number of alkyl halides is 1. The van der Waals surface area contributed by atoms with Gasteiger partial charge in [0.05, 0.1) is 13.3 Å². The standard InChI is InChI=1S/C11H22FNO/c12-8-5-9-14-10-11(13)6-3-1-2-4-7-11/h1-10,13H2. The van der Waals surface area contributed by atoms with E-state index in [9.17, 15) is 4.39 Å². The van der Waals surface area contributed by atoms with E-state index in [4.69, 9.17) is 10.5 Å². The van der Waals surface area contributed by atoms with Gasteiger partial charge in [-0.15, -0.1) is 0 Å². The molecule has 1 aliphatic rings. The molecule has 84 valence electrons. The number of ether oxygens (including phenoxy) is 1. The SMILES string of the molecule is NC1(COCCCF)CCCCCC1. The molecule has 2 nitrogen and oxygen atoms in total. The van der Waals surface area contributed by atoms with Crippen molar-refractivity contribution in [3.63, 3.8) is 0 Å². The quantitative estimate of drug-likeness (QED) is 0.550. The van der Waals surface area contributed by atoms with E-state index in [1.807, 2.05) is 0 Å². The summed E-state index contributed by atoms with van der Waals surface area (Å²) in [5, 5.41) is 0. The molecular formula is C11H22FNO. The second-order valence-corrected chi connectivity index (χ2v) is 4.37. The zero-order valence-electron chi connectivity index (χ0n) is 8.93. The fourth-order valence-corrected chi connectivity index (χ4v) is 2.01. The molecule has 2 N–H and O–H groups in total. The molecular weight excluding hydrogens is 181 g/mol. The fourth-order valence-electron chi connectivity index (χ4n) is 2.01. The van der Waals surface area contributed by atoms with Crippen molar-refractivity contribution in [1.82, 2.24) is 0 Å². The molecule has 0 atom stereocenters. The first kappa shape index (κ1) is 11.9. The monoisotopic (exact) mass is 203 g/mol. The van der Waals surface area contributed by atoms with Crippen molar-refractivity contribution < 1.29 is 9.13 Å². The zero-order chi connectivity index (χ0) is 10.3. The lowest BCUT2D eigenvalue weighted by Gasteiger charge is -2.27. The fraction of sp³-hybridized carbons (Fsp3) is 1.00. The van der Waals surface area contributed by atoms with Crippen molar-refractivity contribution in [2.75, 3.05) is 19.9 Å². The molecule has 0 aromatic carbocycles. The minimum absolute atomic E-state index is 0.132. The second-order valence-electron chi connectivity index (χ2n) is 4.37. The number of hydrogen-bond donors (Lipinski definition) is 1. The summed E-state index contributed by atoms with van der Waals surface area (Å²) in [7, 11) is 0. The van der Waals surface area contributed by atoms with Gasteiger partial charge in [-0.25, -0.2) is 0 Å². The molecule has 1 saturated carbocycles. The van der Waals surface area contributed by atoms with Crippen LogP contribution in [0.25, 0.3) is 0 Å². The van der Waals surface area contributed by atoms with Crippen LogP contribution in [-0.4, -0.2) is 25.4 Å². The molecule has 0 saturated heterocycles. The molecule has 14 heavy (non-hydrogen) atoms. The Balaban J connectivity index is 2.17. The Morgan fingerprint density at radius 3 is 2.36 bits per heavy atom. The summed E-state index contributed by atoms with van der Waals surface area (Å²) in [6.45, 7) is 0.819. The third-order valence-electron chi connectivity index (χ3n) is 2.91. The Labute approximate surface area is 86.0 Å². The van der Waals surface area contributed by atoms with Crippen molar-refractivity contribution >= 4 is 0 Å². The van der Waals surface area contributed by atoms with E-state index in [1.54, 1.807) is 0 Å². The van der Waals surface area contributed by atoms with Gasteiger partial charge < -0.3 is 10.5 Å². The van der Waals surface area contributed by atoms with Gasteiger partial charge in [-0.2, -0.15) is 0 Å². The van der Waals surface area contributed by atoms with Crippen molar-refractivity contribution in [3.8, 4) is 0 Å². The van der Waals surface area contributed by atoms with Crippen LogP contribution < -0.4 is 5.73 Å². The van der Waals surface area contributed by atoms with Crippen molar-refractivity contribution in [2.45, 2.75) is 50.5 Å². The predicted molar refractivity (Wildman–Crippen MR) is 56.0 cm³/mol. The maximum Gasteiger partial charge on any atom is 0.0916 e. The Bertz CT molecular complexity index is 144. The van der Waals surface area contributed by atoms with Crippen LogP contribution in [0.15, 0.2) is 0 Å². The van der Waals surface area contributed by atoms with E-state index in [0.29, 0.717) is 19.6 Å². The minimum atomic E-state index is -0.294. The molecule has 0 aliphatic heterocycles. The minimum Gasteiger partial charge on any atom is -0.379 e. The summed E-state index contributed by atoms with van der Waals surface area (Å²) in [6.07, 6.45) is 7.63. The van der Waals surface area contributed by atoms with E-state index >= 15 is 0 Å². The van der Waals surface area contributed by atoms with E-state index in [0.717, 1.165) is 12.8 Å². The highest BCUT2D eigenvalue weighted by Crippen LogP contribution is 2.25. The lowest BCUT2D eigenvalue weighted by atomic mass is 9.93. The van der Waals surface area contributed by atoms with Crippen molar-refractivity contribution in [1.29, 1.82) is 0 Å². The van der Waals surface area contributed by atoms with Gasteiger partial charge in [-0.1, -0.05) is 25.7 Å². The molecule has 0 bridgehead atoms. The molecule has 0 aromatic heterocycles. The lowest BCUT2D eigenvalue weighted by molar-refractivity contribution is 0.0734. The summed E-state index contributed by atoms with van der Waals surface area (Å²) in [6, 6.07) is 0. The smallest absolute Gasteiger partial charge is 0.0916 e. The molecule has 3 heteroatoms. The Kier molecular flexibility index (Phi) is 5.41. The predicted octanol–water partition coefficient (Wildman–Crippen LogP) is 2.41. The van der Waals surface area contributed by atoms with Crippen molar-refractivity contribution in [3.05, 3.63) is 0 Å². The van der Waals surface area contributed by atoms with Crippen LogP contribution in [0.1, 0.15) is 44.9 Å². The highest BCUT2D eigenvalue weighted by molar-refractivity contribution is 4.85. The lowest BCUT2D eigenvalue weighted by Crippen LogP contribution is -2.44. The molecule has 1 aliphatic carbocycles. The van der Waals surface area contributed by atoms with Gasteiger partial charge >= 0.3 is 0 Å². The topological polar surface area (TPSA) is 35.2 Å². The molecule has 1 rings (SSSR count). The molecule has 0 radical (unpaired) electrons. The number of hydrogen-bond acceptors (Lipinski definition) is 2.